The lowest BCUT2D eigenvalue weighted by Gasteiger charge is -2.38. The van der Waals surface area contributed by atoms with Crippen LogP contribution in [0.1, 0.15) is 43.6 Å². The highest BCUT2D eigenvalue weighted by atomic mass is 16.2. The molecule has 1 aliphatic rings. The van der Waals surface area contributed by atoms with E-state index in [0.29, 0.717) is 17.8 Å². The number of nitrogens with one attached hydrogen (secondary N) is 2. The van der Waals surface area contributed by atoms with Gasteiger partial charge < -0.3 is 4.98 Å². The third-order valence-corrected chi connectivity index (χ3v) is 4.20. The molecule has 1 aromatic heterocycles. The standard InChI is InChI=1S/C16H21N3O/c1-11-6-5-7-12(2)19(11)18-16(20)15-10-13-8-3-4-9-14(13)17-15/h3-4,8-12,17H,5-7H2,1-2H3,(H,18,20). The molecule has 1 aromatic carbocycles. The Morgan fingerprint density at radius 1 is 1.25 bits per heavy atom. The van der Waals surface area contributed by atoms with Crippen LogP contribution in [0.15, 0.2) is 30.3 Å². The number of benzene rings is 1. The molecule has 2 aromatic rings. The first-order valence-electron chi connectivity index (χ1n) is 7.32. The smallest absolute Gasteiger partial charge is 0.282 e. The van der Waals surface area contributed by atoms with Crippen LogP contribution in [0.2, 0.25) is 0 Å². The van der Waals surface area contributed by atoms with E-state index < -0.39 is 0 Å². The van der Waals surface area contributed by atoms with E-state index in [1.54, 1.807) is 0 Å². The number of hydrazine groups is 1. The van der Waals surface area contributed by atoms with Crippen molar-refractivity contribution in [2.24, 2.45) is 0 Å². The van der Waals surface area contributed by atoms with Crippen molar-refractivity contribution in [3.63, 3.8) is 0 Å². The summed E-state index contributed by atoms with van der Waals surface area (Å²) in [5.41, 5.74) is 4.68. The van der Waals surface area contributed by atoms with E-state index in [1.165, 1.54) is 6.42 Å². The highest BCUT2D eigenvalue weighted by Crippen LogP contribution is 2.21. The molecule has 106 valence electrons. The van der Waals surface area contributed by atoms with Crippen molar-refractivity contribution in [2.75, 3.05) is 0 Å². The van der Waals surface area contributed by atoms with Crippen LogP contribution in [-0.4, -0.2) is 28.0 Å². The summed E-state index contributed by atoms with van der Waals surface area (Å²) in [4.78, 5) is 15.6. The van der Waals surface area contributed by atoms with E-state index in [1.807, 2.05) is 30.3 Å². The number of carbonyl (C=O) groups is 1. The van der Waals surface area contributed by atoms with Crippen molar-refractivity contribution in [2.45, 2.75) is 45.2 Å². The minimum absolute atomic E-state index is 0.0539. The van der Waals surface area contributed by atoms with Gasteiger partial charge in [-0.1, -0.05) is 24.6 Å². The predicted octanol–water partition coefficient (Wildman–Crippen LogP) is 3.08. The molecule has 0 bridgehead atoms. The Hall–Kier alpha value is -1.81. The average molecular weight is 271 g/mol. The number of aromatic nitrogens is 1. The molecule has 0 aliphatic carbocycles. The number of piperidine rings is 1. The summed E-state index contributed by atoms with van der Waals surface area (Å²) < 4.78 is 0. The molecular weight excluding hydrogens is 250 g/mol. The number of fused-ring (bicyclic) bond motifs is 1. The van der Waals surface area contributed by atoms with Crippen LogP contribution in [0.4, 0.5) is 0 Å². The Morgan fingerprint density at radius 3 is 2.65 bits per heavy atom. The van der Waals surface area contributed by atoms with Gasteiger partial charge in [0.05, 0.1) is 0 Å². The molecule has 2 unspecified atom stereocenters. The molecule has 1 fully saturated rings. The molecule has 1 amide bonds. The summed E-state index contributed by atoms with van der Waals surface area (Å²) in [6.07, 6.45) is 3.51. The second-order valence-corrected chi connectivity index (χ2v) is 5.75. The zero-order chi connectivity index (χ0) is 14.1. The van der Waals surface area contributed by atoms with E-state index in [-0.39, 0.29) is 5.91 Å². The number of carbonyl (C=O) groups excluding carboxylic acids is 1. The lowest BCUT2D eigenvalue weighted by Crippen LogP contribution is -2.54. The molecule has 0 saturated carbocycles. The van der Waals surface area contributed by atoms with Crippen molar-refractivity contribution in [1.29, 1.82) is 0 Å². The number of aromatic amines is 1. The van der Waals surface area contributed by atoms with Gasteiger partial charge in [-0.05, 0) is 38.8 Å². The molecule has 0 radical (unpaired) electrons. The molecule has 2 heterocycles. The minimum Gasteiger partial charge on any atom is -0.350 e. The van der Waals surface area contributed by atoms with Gasteiger partial charge in [-0.2, -0.15) is 0 Å². The maximum Gasteiger partial charge on any atom is 0.282 e. The molecule has 1 saturated heterocycles. The molecule has 4 heteroatoms. The van der Waals surface area contributed by atoms with E-state index in [0.717, 1.165) is 23.7 Å². The Morgan fingerprint density at radius 2 is 1.95 bits per heavy atom. The fourth-order valence-electron chi connectivity index (χ4n) is 3.01. The van der Waals surface area contributed by atoms with Crippen molar-refractivity contribution in [3.8, 4) is 0 Å². The number of hydrogen-bond acceptors (Lipinski definition) is 2. The summed E-state index contributed by atoms with van der Waals surface area (Å²) >= 11 is 0. The monoisotopic (exact) mass is 271 g/mol. The zero-order valence-corrected chi connectivity index (χ0v) is 12.0. The van der Waals surface area contributed by atoms with Crippen LogP contribution >= 0.6 is 0 Å². The SMILES string of the molecule is CC1CCCC(C)N1NC(=O)c1cc2ccccc2[nH]1. The number of hydrogen-bond donors (Lipinski definition) is 2. The van der Waals surface area contributed by atoms with Gasteiger partial charge in [-0.3, -0.25) is 10.2 Å². The van der Waals surface area contributed by atoms with E-state index >= 15 is 0 Å². The van der Waals surface area contributed by atoms with E-state index in [2.05, 4.69) is 29.3 Å². The topological polar surface area (TPSA) is 48.1 Å². The largest absolute Gasteiger partial charge is 0.350 e. The van der Waals surface area contributed by atoms with Crippen LogP contribution in [0.25, 0.3) is 10.9 Å². The van der Waals surface area contributed by atoms with Gasteiger partial charge >= 0.3 is 0 Å². The lowest BCUT2D eigenvalue weighted by atomic mass is 10.00. The van der Waals surface area contributed by atoms with Gasteiger partial charge in [0.1, 0.15) is 5.69 Å². The normalized spacial score (nSPS) is 23.9. The Kier molecular flexibility index (Phi) is 3.49. The third-order valence-electron chi connectivity index (χ3n) is 4.20. The Balaban J connectivity index is 1.78. The summed E-state index contributed by atoms with van der Waals surface area (Å²) in [6, 6.07) is 10.6. The van der Waals surface area contributed by atoms with Crippen molar-refractivity contribution in [1.82, 2.24) is 15.4 Å². The Labute approximate surface area is 119 Å². The van der Waals surface area contributed by atoms with Crippen molar-refractivity contribution in [3.05, 3.63) is 36.0 Å². The van der Waals surface area contributed by atoms with Gasteiger partial charge in [-0.15, -0.1) is 0 Å². The van der Waals surface area contributed by atoms with Gasteiger partial charge in [0.15, 0.2) is 0 Å². The number of H-pyrrole nitrogens is 1. The summed E-state index contributed by atoms with van der Waals surface area (Å²) in [7, 11) is 0. The molecule has 20 heavy (non-hydrogen) atoms. The molecule has 2 atom stereocenters. The van der Waals surface area contributed by atoms with Crippen LogP contribution < -0.4 is 5.43 Å². The molecular formula is C16H21N3O. The summed E-state index contributed by atoms with van der Waals surface area (Å²) in [5.74, 6) is -0.0539. The fraction of sp³-hybridized carbons (Fsp3) is 0.438. The van der Waals surface area contributed by atoms with Crippen LogP contribution in [0.5, 0.6) is 0 Å². The first-order valence-corrected chi connectivity index (χ1v) is 7.32. The van der Waals surface area contributed by atoms with Crippen molar-refractivity contribution >= 4 is 16.8 Å². The average Bonchev–Trinajstić information content (AvgIpc) is 2.87. The first-order chi connectivity index (χ1) is 9.65. The summed E-state index contributed by atoms with van der Waals surface area (Å²) in [5, 5.41) is 3.16. The highest BCUT2D eigenvalue weighted by molar-refractivity contribution is 5.97. The third kappa shape index (κ3) is 2.43. The number of amides is 1. The fourth-order valence-corrected chi connectivity index (χ4v) is 3.01. The van der Waals surface area contributed by atoms with Gasteiger partial charge in [0.25, 0.3) is 5.91 Å². The predicted molar refractivity (Wildman–Crippen MR) is 80.4 cm³/mol. The maximum absolute atomic E-state index is 12.4. The molecule has 4 nitrogen and oxygen atoms in total. The molecule has 0 spiro atoms. The van der Waals surface area contributed by atoms with Crippen LogP contribution in [-0.2, 0) is 0 Å². The summed E-state index contributed by atoms with van der Waals surface area (Å²) in [6.45, 7) is 4.34. The molecule has 2 N–H and O–H groups in total. The second kappa shape index (κ2) is 5.29. The molecule has 1 aliphatic heterocycles. The van der Waals surface area contributed by atoms with Crippen molar-refractivity contribution < 1.29 is 4.79 Å². The number of para-hydroxylation sites is 1. The first kappa shape index (κ1) is 13.2. The maximum atomic E-state index is 12.4. The van der Waals surface area contributed by atoms with Crippen LogP contribution in [0, 0.1) is 0 Å². The quantitative estimate of drug-likeness (QED) is 0.882. The van der Waals surface area contributed by atoms with Gasteiger partial charge in [0, 0.05) is 23.0 Å². The number of nitrogens with zero attached hydrogens (tertiary/aromatic N) is 1. The minimum atomic E-state index is -0.0539. The van der Waals surface area contributed by atoms with Crippen LogP contribution in [0.3, 0.4) is 0 Å². The lowest BCUT2D eigenvalue weighted by molar-refractivity contribution is 0.0367. The van der Waals surface area contributed by atoms with Gasteiger partial charge in [-0.25, -0.2) is 5.01 Å². The zero-order valence-electron chi connectivity index (χ0n) is 12.0. The molecule has 3 rings (SSSR count). The van der Waals surface area contributed by atoms with E-state index in [9.17, 15) is 4.79 Å². The number of rotatable bonds is 2. The highest BCUT2D eigenvalue weighted by Gasteiger charge is 2.26. The van der Waals surface area contributed by atoms with Gasteiger partial charge in [0.2, 0.25) is 0 Å². The Bertz CT molecular complexity index is 576. The van der Waals surface area contributed by atoms with E-state index in [4.69, 9.17) is 0 Å². The second-order valence-electron chi connectivity index (χ2n) is 5.75.